The highest BCUT2D eigenvalue weighted by molar-refractivity contribution is 6.39. The molecule has 21 heavy (non-hydrogen) atoms. The van der Waals surface area contributed by atoms with Crippen molar-refractivity contribution in [1.29, 1.82) is 0 Å². The van der Waals surface area contributed by atoms with Gasteiger partial charge in [0.15, 0.2) is 0 Å². The Morgan fingerprint density at radius 1 is 1.38 bits per heavy atom. The van der Waals surface area contributed by atoms with Gasteiger partial charge in [0.25, 0.3) is 0 Å². The van der Waals surface area contributed by atoms with Gasteiger partial charge >= 0.3 is 11.8 Å². The van der Waals surface area contributed by atoms with E-state index in [0.29, 0.717) is 18.7 Å². The van der Waals surface area contributed by atoms with Crippen molar-refractivity contribution < 1.29 is 14.7 Å². The van der Waals surface area contributed by atoms with Gasteiger partial charge in [-0.25, -0.2) is 0 Å². The van der Waals surface area contributed by atoms with Crippen LogP contribution < -0.4 is 5.32 Å². The summed E-state index contributed by atoms with van der Waals surface area (Å²) in [4.78, 5) is 25.1. The van der Waals surface area contributed by atoms with Gasteiger partial charge in [0, 0.05) is 19.3 Å². The van der Waals surface area contributed by atoms with Crippen LogP contribution in [0.4, 0.5) is 5.69 Å². The molecular formula is C16H24N2O3. The van der Waals surface area contributed by atoms with E-state index in [9.17, 15) is 14.7 Å². The monoisotopic (exact) mass is 292 g/mol. The Labute approximate surface area is 126 Å². The molecule has 0 aliphatic heterocycles. The fourth-order valence-corrected chi connectivity index (χ4v) is 1.97. The summed E-state index contributed by atoms with van der Waals surface area (Å²) in [6.07, 6.45) is 0.824. The molecular weight excluding hydrogens is 268 g/mol. The molecule has 116 valence electrons. The highest BCUT2D eigenvalue weighted by atomic mass is 16.3. The van der Waals surface area contributed by atoms with Gasteiger partial charge in [0.05, 0.1) is 6.10 Å². The van der Waals surface area contributed by atoms with Gasteiger partial charge in [-0.2, -0.15) is 0 Å². The van der Waals surface area contributed by atoms with Crippen molar-refractivity contribution in [2.75, 3.05) is 18.9 Å². The topological polar surface area (TPSA) is 69.6 Å². The van der Waals surface area contributed by atoms with Crippen molar-refractivity contribution in [2.24, 2.45) is 0 Å². The zero-order chi connectivity index (χ0) is 16.0. The van der Waals surface area contributed by atoms with Crippen LogP contribution in [0.3, 0.4) is 0 Å². The Morgan fingerprint density at radius 2 is 2.05 bits per heavy atom. The predicted octanol–water partition coefficient (Wildman–Crippen LogP) is 1.73. The smallest absolute Gasteiger partial charge is 0.313 e. The van der Waals surface area contributed by atoms with Crippen LogP contribution in [0.5, 0.6) is 0 Å². The number of amides is 2. The van der Waals surface area contributed by atoms with E-state index in [2.05, 4.69) is 5.32 Å². The van der Waals surface area contributed by atoms with Crippen LogP contribution in [0.25, 0.3) is 0 Å². The summed E-state index contributed by atoms with van der Waals surface area (Å²) in [5.74, 6) is -1.26. The van der Waals surface area contributed by atoms with Crippen LogP contribution in [-0.2, 0) is 16.0 Å². The van der Waals surface area contributed by atoms with Crippen molar-refractivity contribution in [2.45, 2.75) is 39.7 Å². The largest absolute Gasteiger partial charge is 0.393 e. The minimum atomic E-state index is -0.658. The number of carbonyl (C=O) groups excluding carboxylic acids is 2. The van der Waals surface area contributed by atoms with Gasteiger partial charge in [0.1, 0.15) is 0 Å². The molecule has 0 heterocycles. The second-order valence-electron chi connectivity index (χ2n) is 5.31. The fourth-order valence-electron chi connectivity index (χ4n) is 1.97. The second-order valence-corrected chi connectivity index (χ2v) is 5.31. The van der Waals surface area contributed by atoms with Crippen molar-refractivity contribution in [3.05, 3.63) is 29.3 Å². The van der Waals surface area contributed by atoms with Crippen LogP contribution in [0.15, 0.2) is 18.2 Å². The Hall–Kier alpha value is -1.88. The van der Waals surface area contributed by atoms with Crippen LogP contribution in [-0.4, -0.2) is 41.5 Å². The van der Waals surface area contributed by atoms with Gasteiger partial charge in [-0.1, -0.05) is 13.0 Å². The lowest BCUT2D eigenvalue weighted by Crippen LogP contribution is -2.38. The van der Waals surface area contributed by atoms with Crippen LogP contribution in [0.1, 0.15) is 31.4 Å². The molecule has 0 saturated carbocycles. The molecule has 2 amide bonds. The number of aliphatic hydroxyl groups is 1. The molecule has 5 nitrogen and oxygen atoms in total. The highest BCUT2D eigenvalue weighted by Crippen LogP contribution is 2.15. The van der Waals surface area contributed by atoms with E-state index >= 15 is 0 Å². The lowest BCUT2D eigenvalue weighted by Gasteiger charge is -2.17. The number of likely N-dealkylation sites (N-methyl/N-ethyl adjacent to an activating group) is 1. The minimum Gasteiger partial charge on any atom is -0.393 e. The molecule has 0 fully saturated rings. The maximum Gasteiger partial charge on any atom is 0.313 e. The van der Waals surface area contributed by atoms with Crippen LogP contribution in [0, 0.1) is 6.92 Å². The Bertz CT molecular complexity index is 512. The van der Waals surface area contributed by atoms with Gasteiger partial charge in [0.2, 0.25) is 0 Å². The Morgan fingerprint density at radius 3 is 2.62 bits per heavy atom. The Kier molecular flexibility index (Phi) is 6.37. The summed E-state index contributed by atoms with van der Waals surface area (Å²) in [7, 11) is 1.55. The third-order valence-corrected chi connectivity index (χ3v) is 3.41. The minimum absolute atomic E-state index is 0.345. The van der Waals surface area contributed by atoms with Crippen molar-refractivity contribution in [3.8, 4) is 0 Å². The average molecular weight is 292 g/mol. The second kappa shape index (κ2) is 7.78. The maximum absolute atomic E-state index is 11.9. The summed E-state index contributed by atoms with van der Waals surface area (Å²) < 4.78 is 0. The molecule has 1 aromatic carbocycles. The number of benzene rings is 1. The molecule has 5 heteroatoms. The van der Waals surface area contributed by atoms with Gasteiger partial charge in [-0.15, -0.1) is 0 Å². The molecule has 1 atom stereocenters. The lowest BCUT2D eigenvalue weighted by atomic mass is 10.1. The number of aryl methyl sites for hydroxylation is 2. The number of anilines is 1. The van der Waals surface area contributed by atoms with Crippen molar-refractivity contribution in [3.63, 3.8) is 0 Å². The number of nitrogens with zero attached hydrogens (tertiary/aromatic N) is 1. The van der Waals surface area contributed by atoms with E-state index in [4.69, 9.17) is 0 Å². The van der Waals surface area contributed by atoms with E-state index in [-0.39, 0.29) is 0 Å². The van der Waals surface area contributed by atoms with Gasteiger partial charge in [-0.05, 0) is 49.9 Å². The molecule has 0 radical (unpaired) electrons. The predicted molar refractivity (Wildman–Crippen MR) is 83.1 cm³/mol. The summed E-state index contributed by atoms with van der Waals surface area (Å²) >= 11 is 0. The summed E-state index contributed by atoms with van der Waals surface area (Å²) in [5, 5.41) is 11.8. The molecule has 2 N–H and O–H groups in total. The molecule has 0 spiro atoms. The van der Waals surface area contributed by atoms with E-state index in [1.807, 2.05) is 26.0 Å². The number of aliphatic hydroxyl groups excluding tert-OH is 1. The first kappa shape index (κ1) is 17.2. The summed E-state index contributed by atoms with van der Waals surface area (Å²) in [5.41, 5.74) is 2.93. The molecule has 1 aromatic rings. The summed E-state index contributed by atoms with van der Waals surface area (Å²) in [6, 6.07) is 5.60. The van der Waals surface area contributed by atoms with E-state index < -0.39 is 17.9 Å². The first-order chi connectivity index (χ1) is 9.85. The fraction of sp³-hybridized carbons (Fsp3) is 0.500. The van der Waals surface area contributed by atoms with Crippen LogP contribution >= 0.6 is 0 Å². The third kappa shape index (κ3) is 5.19. The molecule has 0 aliphatic rings. The molecule has 1 unspecified atom stereocenters. The van der Waals surface area contributed by atoms with E-state index in [1.165, 1.54) is 4.90 Å². The molecule has 0 aromatic heterocycles. The Balaban J connectivity index is 2.65. The molecule has 0 saturated heterocycles. The number of hydrogen-bond donors (Lipinski definition) is 2. The molecule has 0 bridgehead atoms. The number of hydrogen-bond acceptors (Lipinski definition) is 3. The first-order valence-electron chi connectivity index (χ1n) is 7.19. The van der Waals surface area contributed by atoms with E-state index in [0.717, 1.165) is 17.5 Å². The van der Waals surface area contributed by atoms with Gasteiger partial charge in [-0.3, -0.25) is 9.59 Å². The molecule has 1 rings (SSSR count). The first-order valence-corrected chi connectivity index (χ1v) is 7.19. The number of rotatable bonds is 5. The lowest BCUT2D eigenvalue weighted by molar-refractivity contribution is -0.142. The quantitative estimate of drug-likeness (QED) is 0.812. The summed E-state index contributed by atoms with van der Waals surface area (Å²) in [6.45, 7) is 6.05. The van der Waals surface area contributed by atoms with E-state index in [1.54, 1.807) is 20.0 Å². The standard InChI is InChI=1S/C16H24N2O3/c1-5-13-10-14(7-6-11(13)2)17-15(20)16(21)18(4)9-8-12(3)19/h6-7,10,12,19H,5,8-9H2,1-4H3,(H,17,20). The zero-order valence-electron chi connectivity index (χ0n) is 13.1. The molecule has 0 aliphatic carbocycles. The highest BCUT2D eigenvalue weighted by Gasteiger charge is 2.19. The normalized spacial score (nSPS) is 11.9. The van der Waals surface area contributed by atoms with Crippen molar-refractivity contribution >= 4 is 17.5 Å². The third-order valence-electron chi connectivity index (χ3n) is 3.41. The number of nitrogens with one attached hydrogen (secondary N) is 1. The number of carbonyl (C=O) groups is 2. The van der Waals surface area contributed by atoms with Crippen LogP contribution in [0.2, 0.25) is 0 Å². The van der Waals surface area contributed by atoms with Crippen molar-refractivity contribution in [1.82, 2.24) is 4.90 Å². The SMILES string of the molecule is CCc1cc(NC(=O)C(=O)N(C)CCC(C)O)ccc1C. The average Bonchev–Trinajstić information content (AvgIpc) is 2.45. The maximum atomic E-state index is 11.9. The van der Waals surface area contributed by atoms with Gasteiger partial charge < -0.3 is 15.3 Å². The zero-order valence-corrected chi connectivity index (χ0v) is 13.1.